The van der Waals surface area contributed by atoms with Crippen molar-refractivity contribution in [2.75, 3.05) is 5.32 Å². The highest BCUT2D eigenvalue weighted by atomic mass is 16.4. The van der Waals surface area contributed by atoms with Crippen LogP contribution in [-0.4, -0.2) is 30.7 Å². The van der Waals surface area contributed by atoms with E-state index in [1.807, 2.05) is 12.1 Å². The normalized spacial score (nSPS) is 11.3. The zero-order chi connectivity index (χ0) is 18.3. The third-order valence-corrected chi connectivity index (χ3v) is 4.24. The molecular weight excluding hydrogens is 330 g/mol. The highest BCUT2D eigenvalue weighted by Crippen LogP contribution is 2.25. The average Bonchev–Trinajstić information content (AvgIpc) is 3.08. The highest BCUT2D eigenvalue weighted by Gasteiger charge is 2.15. The summed E-state index contributed by atoms with van der Waals surface area (Å²) in [4.78, 5) is 20.1. The maximum atomic E-state index is 11.4. The Kier molecular flexibility index (Phi) is 3.76. The van der Waals surface area contributed by atoms with Gasteiger partial charge >= 0.3 is 5.97 Å². The Morgan fingerprint density at radius 2 is 2.08 bits per heavy atom. The minimum Gasteiger partial charge on any atom is -0.476 e. The molecule has 0 amide bonds. The molecule has 0 radical (unpaired) electrons. The van der Waals surface area contributed by atoms with Gasteiger partial charge in [0.05, 0.1) is 11.0 Å². The van der Waals surface area contributed by atoms with Crippen LogP contribution < -0.4 is 5.32 Å². The number of rotatable bonds is 4. The van der Waals surface area contributed by atoms with E-state index in [4.69, 9.17) is 0 Å². The Morgan fingerprint density at radius 3 is 2.85 bits per heavy atom. The molecule has 0 aliphatic heterocycles. The van der Waals surface area contributed by atoms with Crippen LogP contribution >= 0.6 is 0 Å². The van der Waals surface area contributed by atoms with Crippen molar-refractivity contribution in [3.63, 3.8) is 0 Å². The van der Waals surface area contributed by atoms with Gasteiger partial charge in [0.1, 0.15) is 0 Å². The van der Waals surface area contributed by atoms with Crippen molar-refractivity contribution in [3.8, 4) is 0 Å². The summed E-state index contributed by atoms with van der Waals surface area (Å²) in [7, 11) is 0. The Bertz CT molecular complexity index is 1130. The molecule has 3 heterocycles. The van der Waals surface area contributed by atoms with Gasteiger partial charge in [0.25, 0.3) is 0 Å². The molecule has 0 spiro atoms. The summed E-state index contributed by atoms with van der Waals surface area (Å²) in [5.41, 5.74) is 3.38. The van der Waals surface area contributed by atoms with Crippen molar-refractivity contribution in [3.05, 3.63) is 60.0 Å². The summed E-state index contributed by atoms with van der Waals surface area (Å²) in [6.07, 6.45) is 3.32. The maximum Gasteiger partial charge on any atom is 0.356 e. The number of anilines is 2. The Labute approximate surface area is 149 Å². The van der Waals surface area contributed by atoms with Gasteiger partial charge in [-0.05, 0) is 35.7 Å². The number of pyridine rings is 1. The largest absolute Gasteiger partial charge is 0.476 e. The number of nitrogens with zero attached hydrogens (tertiary/aromatic N) is 4. The number of benzene rings is 1. The first-order valence-corrected chi connectivity index (χ1v) is 8.26. The SMILES string of the molecule is CC(C)c1cccc(Nc2nc3ccncc3c3cc(C(=O)O)nn23)c1. The van der Waals surface area contributed by atoms with Gasteiger partial charge in [-0.1, -0.05) is 26.0 Å². The molecule has 26 heavy (non-hydrogen) atoms. The van der Waals surface area contributed by atoms with Crippen LogP contribution in [0.1, 0.15) is 35.8 Å². The monoisotopic (exact) mass is 347 g/mol. The number of fused-ring (bicyclic) bond motifs is 3. The van der Waals surface area contributed by atoms with Crippen LogP contribution in [0, 0.1) is 0 Å². The van der Waals surface area contributed by atoms with Crippen LogP contribution in [0.15, 0.2) is 48.8 Å². The van der Waals surface area contributed by atoms with Crippen LogP contribution in [0.4, 0.5) is 11.6 Å². The first-order valence-electron chi connectivity index (χ1n) is 8.26. The van der Waals surface area contributed by atoms with Crippen molar-refractivity contribution in [1.82, 2.24) is 19.6 Å². The molecule has 0 saturated carbocycles. The molecule has 1 aromatic carbocycles. The molecular formula is C19H17N5O2. The van der Waals surface area contributed by atoms with Gasteiger partial charge in [0.2, 0.25) is 5.95 Å². The third kappa shape index (κ3) is 2.73. The first kappa shape index (κ1) is 16.0. The Balaban J connectivity index is 1.90. The van der Waals surface area contributed by atoms with E-state index in [1.165, 1.54) is 16.1 Å². The number of aromatic carboxylic acids is 1. The average molecular weight is 347 g/mol. The van der Waals surface area contributed by atoms with Crippen molar-refractivity contribution < 1.29 is 9.90 Å². The second kappa shape index (κ2) is 6.11. The van der Waals surface area contributed by atoms with Gasteiger partial charge < -0.3 is 10.4 Å². The van der Waals surface area contributed by atoms with E-state index < -0.39 is 5.97 Å². The van der Waals surface area contributed by atoms with Crippen molar-refractivity contribution in [2.24, 2.45) is 0 Å². The number of hydrogen-bond acceptors (Lipinski definition) is 5. The first-order chi connectivity index (χ1) is 12.5. The molecule has 0 atom stereocenters. The van der Waals surface area contributed by atoms with Crippen LogP contribution in [-0.2, 0) is 0 Å². The Morgan fingerprint density at radius 1 is 1.23 bits per heavy atom. The van der Waals surface area contributed by atoms with Gasteiger partial charge in [-0.25, -0.2) is 9.78 Å². The minimum absolute atomic E-state index is 0.0397. The fourth-order valence-electron chi connectivity index (χ4n) is 2.87. The summed E-state index contributed by atoms with van der Waals surface area (Å²) in [5, 5.41) is 17.5. The predicted molar refractivity (Wildman–Crippen MR) is 99.1 cm³/mol. The molecule has 0 unspecified atom stereocenters. The second-order valence-electron chi connectivity index (χ2n) is 6.37. The molecule has 2 N–H and O–H groups in total. The molecule has 0 aliphatic rings. The number of hydrogen-bond donors (Lipinski definition) is 2. The molecule has 4 aromatic rings. The van der Waals surface area contributed by atoms with E-state index >= 15 is 0 Å². The van der Waals surface area contributed by atoms with E-state index in [0.29, 0.717) is 22.9 Å². The molecule has 7 heteroatoms. The predicted octanol–water partition coefficient (Wildman–Crippen LogP) is 3.84. The number of carbonyl (C=O) groups is 1. The number of carboxylic acid groups (broad SMARTS) is 1. The summed E-state index contributed by atoms with van der Waals surface area (Å²) in [5.74, 6) is -0.235. The zero-order valence-electron chi connectivity index (χ0n) is 14.3. The molecule has 0 bridgehead atoms. The van der Waals surface area contributed by atoms with E-state index in [-0.39, 0.29) is 5.69 Å². The lowest BCUT2D eigenvalue weighted by atomic mass is 10.0. The van der Waals surface area contributed by atoms with Crippen LogP contribution in [0.25, 0.3) is 16.4 Å². The lowest BCUT2D eigenvalue weighted by Gasteiger charge is -2.12. The summed E-state index contributed by atoms with van der Waals surface area (Å²) in [6, 6.07) is 11.4. The smallest absolute Gasteiger partial charge is 0.356 e. The van der Waals surface area contributed by atoms with E-state index in [2.05, 4.69) is 46.4 Å². The number of carboxylic acids is 1. The second-order valence-corrected chi connectivity index (χ2v) is 6.37. The third-order valence-electron chi connectivity index (χ3n) is 4.24. The van der Waals surface area contributed by atoms with E-state index in [0.717, 1.165) is 11.1 Å². The van der Waals surface area contributed by atoms with Gasteiger partial charge in [-0.3, -0.25) is 4.98 Å². The van der Waals surface area contributed by atoms with Gasteiger partial charge in [0, 0.05) is 23.5 Å². The van der Waals surface area contributed by atoms with Gasteiger partial charge in [-0.2, -0.15) is 9.61 Å². The lowest BCUT2D eigenvalue weighted by Crippen LogP contribution is -2.05. The molecule has 0 fully saturated rings. The summed E-state index contributed by atoms with van der Waals surface area (Å²) >= 11 is 0. The van der Waals surface area contributed by atoms with Crippen LogP contribution in [0.3, 0.4) is 0 Å². The molecule has 0 saturated heterocycles. The highest BCUT2D eigenvalue weighted by molar-refractivity contribution is 5.97. The van der Waals surface area contributed by atoms with Crippen LogP contribution in [0.5, 0.6) is 0 Å². The molecule has 3 aromatic heterocycles. The number of aromatic nitrogens is 4. The van der Waals surface area contributed by atoms with Crippen LogP contribution in [0.2, 0.25) is 0 Å². The lowest BCUT2D eigenvalue weighted by molar-refractivity contribution is 0.0690. The molecule has 0 aliphatic carbocycles. The zero-order valence-corrected chi connectivity index (χ0v) is 14.3. The van der Waals surface area contributed by atoms with Gasteiger partial charge in [-0.15, -0.1) is 0 Å². The standard InChI is InChI=1S/C19H17N5O2/c1-11(2)12-4-3-5-13(8-12)21-19-22-15-6-7-20-10-14(15)17-9-16(18(25)26)23-24(17)19/h3-11H,1-2H3,(H,21,22)(H,25,26). The topological polar surface area (TPSA) is 92.4 Å². The van der Waals surface area contributed by atoms with E-state index in [9.17, 15) is 9.90 Å². The van der Waals surface area contributed by atoms with Crippen molar-refractivity contribution in [1.29, 1.82) is 0 Å². The Hall–Kier alpha value is -3.48. The summed E-state index contributed by atoms with van der Waals surface area (Å²) in [6.45, 7) is 4.26. The maximum absolute atomic E-state index is 11.4. The summed E-state index contributed by atoms with van der Waals surface area (Å²) < 4.78 is 1.51. The minimum atomic E-state index is -1.08. The van der Waals surface area contributed by atoms with E-state index in [1.54, 1.807) is 18.5 Å². The van der Waals surface area contributed by atoms with Gasteiger partial charge in [0.15, 0.2) is 5.69 Å². The van der Waals surface area contributed by atoms with Crippen molar-refractivity contribution >= 4 is 34.0 Å². The quantitative estimate of drug-likeness (QED) is 0.583. The fraction of sp³-hybridized carbons (Fsp3) is 0.158. The number of nitrogens with one attached hydrogen (secondary N) is 1. The molecule has 4 rings (SSSR count). The fourth-order valence-corrected chi connectivity index (χ4v) is 2.87. The van der Waals surface area contributed by atoms with Crippen molar-refractivity contribution in [2.45, 2.75) is 19.8 Å². The molecule has 7 nitrogen and oxygen atoms in total. The molecule has 130 valence electrons.